The number of aliphatic carboxylic acids is 1. The SMILES string of the molecule is CCC(C(=O)O)N(C)C(=O)c1cccc([N+](=O)[O-])c1Cl. The lowest BCUT2D eigenvalue weighted by Gasteiger charge is -2.24. The number of likely N-dealkylation sites (N-methyl/N-ethyl adjacent to an activating group) is 1. The number of carboxylic acids is 1. The van der Waals surface area contributed by atoms with Crippen LogP contribution >= 0.6 is 11.6 Å². The molecule has 1 rings (SSSR count). The van der Waals surface area contributed by atoms with Crippen molar-refractivity contribution in [2.24, 2.45) is 0 Å². The van der Waals surface area contributed by atoms with E-state index in [4.69, 9.17) is 16.7 Å². The molecule has 0 saturated heterocycles. The van der Waals surface area contributed by atoms with E-state index < -0.39 is 28.5 Å². The molecule has 0 aliphatic carbocycles. The van der Waals surface area contributed by atoms with Gasteiger partial charge in [-0.3, -0.25) is 14.9 Å². The first-order chi connectivity index (χ1) is 9.31. The van der Waals surface area contributed by atoms with Crippen LogP contribution in [-0.4, -0.2) is 39.9 Å². The quantitative estimate of drug-likeness (QED) is 0.663. The molecule has 1 aromatic rings. The molecule has 0 spiro atoms. The zero-order chi connectivity index (χ0) is 15.4. The van der Waals surface area contributed by atoms with Gasteiger partial charge in [0.25, 0.3) is 11.6 Å². The van der Waals surface area contributed by atoms with E-state index in [0.717, 1.165) is 4.90 Å². The molecule has 0 radical (unpaired) electrons. The number of benzene rings is 1. The molecule has 0 saturated carbocycles. The molecule has 0 aliphatic rings. The lowest BCUT2D eigenvalue weighted by atomic mass is 10.1. The average Bonchev–Trinajstić information content (AvgIpc) is 2.38. The number of hydrogen-bond donors (Lipinski definition) is 1. The van der Waals surface area contributed by atoms with Crippen LogP contribution in [0.3, 0.4) is 0 Å². The number of amides is 1. The summed E-state index contributed by atoms with van der Waals surface area (Å²) in [6.45, 7) is 1.62. The highest BCUT2D eigenvalue weighted by molar-refractivity contribution is 6.35. The molecular weight excluding hydrogens is 288 g/mol. The van der Waals surface area contributed by atoms with Gasteiger partial charge in [-0.1, -0.05) is 24.6 Å². The summed E-state index contributed by atoms with van der Waals surface area (Å²) in [5.41, 5.74) is -0.489. The van der Waals surface area contributed by atoms with Crippen LogP contribution in [0.1, 0.15) is 23.7 Å². The zero-order valence-electron chi connectivity index (χ0n) is 10.9. The van der Waals surface area contributed by atoms with Crippen molar-refractivity contribution in [1.29, 1.82) is 0 Å². The highest BCUT2D eigenvalue weighted by atomic mass is 35.5. The maximum absolute atomic E-state index is 12.2. The molecule has 0 heterocycles. The molecule has 0 aromatic heterocycles. The summed E-state index contributed by atoms with van der Waals surface area (Å²) in [7, 11) is 1.32. The molecule has 20 heavy (non-hydrogen) atoms. The molecule has 1 unspecified atom stereocenters. The molecular formula is C12H13ClN2O5. The van der Waals surface area contributed by atoms with Crippen molar-refractivity contribution in [1.82, 2.24) is 4.90 Å². The summed E-state index contributed by atoms with van der Waals surface area (Å²) in [4.78, 5) is 34.3. The zero-order valence-corrected chi connectivity index (χ0v) is 11.6. The minimum absolute atomic E-state index is 0.0944. The lowest BCUT2D eigenvalue weighted by molar-refractivity contribution is -0.384. The third kappa shape index (κ3) is 3.05. The minimum atomic E-state index is -1.15. The molecule has 1 aromatic carbocycles. The fourth-order valence-electron chi connectivity index (χ4n) is 1.77. The van der Waals surface area contributed by atoms with Crippen LogP contribution in [0.15, 0.2) is 18.2 Å². The van der Waals surface area contributed by atoms with E-state index in [1.165, 1.54) is 25.2 Å². The summed E-state index contributed by atoms with van der Waals surface area (Å²) >= 11 is 5.83. The number of hydrogen-bond acceptors (Lipinski definition) is 4. The first-order valence-electron chi connectivity index (χ1n) is 5.74. The second-order valence-corrected chi connectivity index (χ2v) is 4.45. The van der Waals surface area contributed by atoms with Gasteiger partial charge < -0.3 is 10.0 Å². The highest BCUT2D eigenvalue weighted by Gasteiger charge is 2.28. The van der Waals surface area contributed by atoms with Crippen LogP contribution in [0, 0.1) is 10.1 Å². The van der Waals surface area contributed by atoms with E-state index >= 15 is 0 Å². The third-order valence-electron chi connectivity index (χ3n) is 2.87. The van der Waals surface area contributed by atoms with Crippen LogP contribution in [0.5, 0.6) is 0 Å². The van der Waals surface area contributed by atoms with E-state index in [2.05, 4.69) is 0 Å². The van der Waals surface area contributed by atoms with Crippen LogP contribution in [-0.2, 0) is 4.79 Å². The van der Waals surface area contributed by atoms with E-state index in [0.29, 0.717) is 0 Å². The average molecular weight is 301 g/mol. The maximum Gasteiger partial charge on any atom is 0.326 e. The van der Waals surface area contributed by atoms with Gasteiger partial charge in [-0.05, 0) is 12.5 Å². The number of rotatable bonds is 5. The second kappa shape index (κ2) is 6.33. The van der Waals surface area contributed by atoms with Crippen molar-refractivity contribution in [2.75, 3.05) is 7.05 Å². The second-order valence-electron chi connectivity index (χ2n) is 4.07. The predicted molar refractivity (Wildman–Crippen MR) is 71.9 cm³/mol. The Morgan fingerprint density at radius 3 is 2.55 bits per heavy atom. The molecule has 0 fully saturated rings. The predicted octanol–water partition coefficient (Wildman–Crippen LogP) is 2.18. The Morgan fingerprint density at radius 1 is 1.50 bits per heavy atom. The topological polar surface area (TPSA) is 101 Å². The Morgan fingerprint density at radius 2 is 2.10 bits per heavy atom. The van der Waals surface area contributed by atoms with Gasteiger partial charge in [-0.15, -0.1) is 0 Å². The lowest BCUT2D eigenvalue weighted by Crippen LogP contribution is -2.42. The fraction of sp³-hybridized carbons (Fsp3) is 0.333. The van der Waals surface area contributed by atoms with Gasteiger partial charge >= 0.3 is 5.97 Å². The van der Waals surface area contributed by atoms with Crippen molar-refractivity contribution in [3.05, 3.63) is 38.9 Å². The standard InChI is InChI=1S/C12H13ClN2O5/c1-3-8(12(17)18)14(2)11(16)7-5-4-6-9(10(7)13)15(19)20/h4-6,8H,3H2,1-2H3,(H,17,18). The largest absolute Gasteiger partial charge is 0.480 e. The van der Waals surface area contributed by atoms with Gasteiger partial charge in [0.05, 0.1) is 10.5 Å². The van der Waals surface area contributed by atoms with E-state index in [-0.39, 0.29) is 17.0 Å². The molecule has 1 amide bonds. The Labute approximate surface area is 119 Å². The number of carbonyl (C=O) groups is 2. The van der Waals surface area contributed by atoms with Crippen molar-refractivity contribution in [3.8, 4) is 0 Å². The van der Waals surface area contributed by atoms with Crippen LogP contribution in [0.4, 0.5) is 5.69 Å². The van der Waals surface area contributed by atoms with Crippen LogP contribution in [0.2, 0.25) is 5.02 Å². The molecule has 8 heteroatoms. The normalized spacial score (nSPS) is 11.8. The van der Waals surface area contributed by atoms with E-state index in [1.807, 2.05) is 0 Å². The molecule has 108 valence electrons. The van der Waals surface area contributed by atoms with E-state index in [9.17, 15) is 19.7 Å². The first kappa shape index (κ1) is 15.9. The number of carbonyl (C=O) groups excluding carboxylic acids is 1. The monoisotopic (exact) mass is 300 g/mol. The van der Waals surface area contributed by atoms with Crippen molar-refractivity contribution >= 4 is 29.2 Å². The van der Waals surface area contributed by atoms with Gasteiger partial charge in [0.1, 0.15) is 11.1 Å². The number of carboxylic acid groups (broad SMARTS) is 1. The number of nitrogens with zero attached hydrogens (tertiary/aromatic N) is 2. The molecule has 1 atom stereocenters. The van der Waals surface area contributed by atoms with Crippen molar-refractivity contribution < 1.29 is 19.6 Å². The summed E-state index contributed by atoms with van der Waals surface area (Å²) in [5.74, 6) is -1.82. The van der Waals surface area contributed by atoms with Crippen molar-refractivity contribution in [2.45, 2.75) is 19.4 Å². The summed E-state index contributed by atoms with van der Waals surface area (Å²) in [6, 6.07) is 2.81. The number of nitro benzene ring substituents is 1. The highest BCUT2D eigenvalue weighted by Crippen LogP contribution is 2.28. The molecule has 7 nitrogen and oxygen atoms in total. The van der Waals surface area contributed by atoms with Crippen molar-refractivity contribution in [3.63, 3.8) is 0 Å². The summed E-state index contributed by atoms with van der Waals surface area (Å²) in [5, 5.41) is 19.5. The molecule has 0 bridgehead atoms. The molecule has 0 aliphatic heterocycles. The Hall–Kier alpha value is -2.15. The number of halogens is 1. The first-order valence-corrected chi connectivity index (χ1v) is 6.11. The summed E-state index contributed by atoms with van der Waals surface area (Å²) < 4.78 is 0. The van der Waals surface area contributed by atoms with Gasteiger partial charge in [-0.25, -0.2) is 4.79 Å². The van der Waals surface area contributed by atoms with Gasteiger partial charge in [0.15, 0.2) is 0 Å². The minimum Gasteiger partial charge on any atom is -0.480 e. The van der Waals surface area contributed by atoms with E-state index in [1.54, 1.807) is 6.92 Å². The fourth-order valence-corrected chi connectivity index (χ4v) is 2.05. The third-order valence-corrected chi connectivity index (χ3v) is 3.26. The van der Waals surface area contributed by atoms with Crippen LogP contribution in [0.25, 0.3) is 0 Å². The van der Waals surface area contributed by atoms with Gasteiger partial charge in [0.2, 0.25) is 0 Å². The number of nitro groups is 1. The summed E-state index contributed by atoms with van der Waals surface area (Å²) in [6.07, 6.45) is 0.212. The van der Waals surface area contributed by atoms with Gasteiger partial charge in [-0.2, -0.15) is 0 Å². The Balaban J connectivity index is 3.18. The smallest absolute Gasteiger partial charge is 0.326 e. The van der Waals surface area contributed by atoms with Gasteiger partial charge in [0, 0.05) is 13.1 Å². The van der Waals surface area contributed by atoms with Crippen LogP contribution < -0.4 is 0 Å². The maximum atomic E-state index is 12.2. The molecule has 1 N–H and O–H groups in total. The Kier molecular flexibility index (Phi) is 5.04. The Bertz CT molecular complexity index is 561.